The highest BCUT2D eigenvalue weighted by Gasteiger charge is 2.36. The monoisotopic (exact) mass is 655 g/mol. The van der Waals surface area contributed by atoms with Gasteiger partial charge in [0.25, 0.3) is 0 Å². The fourth-order valence-corrected chi connectivity index (χ4v) is 8.70. The number of hydrogen-bond acceptors (Lipinski definition) is 2. The highest BCUT2D eigenvalue weighted by atomic mass is 16.3. The van der Waals surface area contributed by atoms with Crippen LogP contribution in [-0.2, 0) is 5.41 Å². The normalized spacial score (nSPS) is 14.7. The van der Waals surface area contributed by atoms with Gasteiger partial charge in [-0.3, -0.25) is 0 Å². The summed E-state index contributed by atoms with van der Waals surface area (Å²) in [6.45, 7) is 4.73. The molecule has 1 aromatic heterocycles. The van der Waals surface area contributed by atoms with Crippen LogP contribution >= 0.6 is 0 Å². The number of rotatable bonds is 5. The van der Waals surface area contributed by atoms with Crippen molar-refractivity contribution in [3.8, 4) is 22.3 Å². The molecule has 10 rings (SSSR count). The lowest BCUT2D eigenvalue weighted by atomic mass is 9.82. The number of anilines is 2. The topological polar surface area (TPSA) is 16.4 Å². The van der Waals surface area contributed by atoms with Crippen molar-refractivity contribution in [1.29, 1.82) is 0 Å². The molecule has 0 N–H and O–H groups in total. The first kappa shape index (κ1) is 29.8. The fourth-order valence-electron chi connectivity index (χ4n) is 8.70. The van der Waals surface area contributed by atoms with Crippen molar-refractivity contribution in [3.05, 3.63) is 186 Å². The minimum Gasteiger partial charge on any atom is -0.456 e. The molecule has 0 saturated carbocycles. The van der Waals surface area contributed by atoms with Gasteiger partial charge in [0.2, 0.25) is 0 Å². The number of furan rings is 1. The number of allylic oxidation sites excluding steroid dienone is 4. The molecule has 0 aliphatic heterocycles. The Balaban J connectivity index is 1.27. The molecule has 0 unspecified atom stereocenters. The fraction of sp³-hybridized carbons (Fsp3) is 0.102. The van der Waals surface area contributed by atoms with Gasteiger partial charge >= 0.3 is 0 Å². The van der Waals surface area contributed by atoms with E-state index in [1.165, 1.54) is 66.7 Å². The van der Waals surface area contributed by atoms with Gasteiger partial charge in [0, 0.05) is 33.1 Å². The first-order valence-electron chi connectivity index (χ1n) is 18.0. The standard InChI is InChI=1S/C49H37NO/c1-49(2)41-20-12-11-19-39(41)40-27-26-37(31-42(40)49)50(36-24-21-33(22-25-36)32-13-5-3-6-14-32)43-28-30-45-48(46(43)35-16-7-4-8-17-35)47-38-18-10-9-15-34(38)23-29-44(47)51-45/h3-21,23-24,26-31H,22,25H2,1-2H3. The molecule has 0 bridgehead atoms. The summed E-state index contributed by atoms with van der Waals surface area (Å²) in [5, 5.41) is 4.74. The number of benzene rings is 7. The van der Waals surface area contributed by atoms with Crippen molar-refractivity contribution in [2.24, 2.45) is 0 Å². The quantitative estimate of drug-likeness (QED) is 0.183. The van der Waals surface area contributed by atoms with Gasteiger partial charge < -0.3 is 9.32 Å². The molecular formula is C49H37NO. The van der Waals surface area contributed by atoms with E-state index in [0.717, 1.165) is 40.5 Å². The molecule has 2 nitrogen and oxygen atoms in total. The number of fused-ring (bicyclic) bond motifs is 8. The second-order valence-corrected chi connectivity index (χ2v) is 14.4. The van der Waals surface area contributed by atoms with E-state index in [-0.39, 0.29) is 5.41 Å². The predicted octanol–water partition coefficient (Wildman–Crippen LogP) is 13.6. The number of nitrogens with zero attached hydrogens (tertiary/aromatic N) is 1. The van der Waals surface area contributed by atoms with Crippen molar-refractivity contribution >= 4 is 49.7 Å². The summed E-state index contributed by atoms with van der Waals surface area (Å²) in [6, 6.07) is 55.1. The number of hydrogen-bond donors (Lipinski definition) is 0. The van der Waals surface area contributed by atoms with Crippen LogP contribution in [0.5, 0.6) is 0 Å². The Morgan fingerprint density at radius 2 is 1.24 bits per heavy atom. The summed E-state index contributed by atoms with van der Waals surface area (Å²) in [6.07, 6.45) is 6.57. The molecule has 0 spiro atoms. The predicted molar refractivity (Wildman–Crippen MR) is 215 cm³/mol. The third-order valence-electron chi connectivity index (χ3n) is 11.2. The molecule has 2 aliphatic rings. The molecule has 0 radical (unpaired) electrons. The zero-order chi connectivity index (χ0) is 34.1. The van der Waals surface area contributed by atoms with Gasteiger partial charge in [0.1, 0.15) is 11.2 Å². The lowest BCUT2D eigenvalue weighted by molar-refractivity contribution is 0.660. The highest BCUT2D eigenvalue weighted by molar-refractivity contribution is 6.24. The molecule has 0 saturated heterocycles. The van der Waals surface area contributed by atoms with Crippen LogP contribution in [0.1, 0.15) is 43.4 Å². The summed E-state index contributed by atoms with van der Waals surface area (Å²) in [5.74, 6) is 0. The van der Waals surface area contributed by atoms with Gasteiger partial charge in [0.05, 0.1) is 5.69 Å². The maximum atomic E-state index is 6.65. The molecular weight excluding hydrogens is 619 g/mol. The molecule has 8 aromatic rings. The Morgan fingerprint density at radius 1 is 0.549 bits per heavy atom. The maximum Gasteiger partial charge on any atom is 0.136 e. The van der Waals surface area contributed by atoms with E-state index >= 15 is 0 Å². The molecule has 2 heteroatoms. The third-order valence-corrected chi connectivity index (χ3v) is 11.2. The molecule has 0 atom stereocenters. The Hall–Kier alpha value is -6.12. The van der Waals surface area contributed by atoms with Gasteiger partial charge in [-0.05, 0) is 99.0 Å². The summed E-state index contributed by atoms with van der Waals surface area (Å²) >= 11 is 0. The Kier molecular flexibility index (Phi) is 6.69. The molecule has 0 fully saturated rings. The van der Waals surface area contributed by atoms with E-state index in [2.05, 4.69) is 183 Å². The SMILES string of the molecule is CC1(C)c2ccccc2-c2ccc(N(C3=CC=C(c4ccccc4)CC3)c3ccc4oc5ccc6ccccc6c5c4c3-c3ccccc3)cc21. The second kappa shape index (κ2) is 11.5. The van der Waals surface area contributed by atoms with Gasteiger partial charge in [-0.15, -0.1) is 0 Å². The van der Waals surface area contributed by atoms with Crippen molar-refractivity contribution < 1.29 is 4.42 Å². The van der Waals surface area contributed by atoms with E-state index < -0.39 is 0 Å². The summed E-state index contributed by atoms with van der Waals surface area (Å²) in [7, 11) is 0. The zero-order valence-electron chi connectivity index (χ0n) is 28.9. The first-order valence-corrected chi connectivity index (χ1v) is 18.0. The Bertz CT molecular complexity index is 2710. The lowest BCUT2D eigenvalue weighted by Gasteiger charge is -2.33. The van der Waals surface area contributed by atoms with Crippen LogP contribution in [0.2, 0.25) is 0 Å². The zero-order valence-corrected chi connectivity index (χ0v) is 28.9. The van der Waals surface area contributed by atoms with Gasteiger partial charge in [0.15, 0.2) is 0 Å². The minimum atomic E-state index is -0.110. The third kappa shape index (κ3) is 4.63. The Labute approximate surface area is 298 Å². The van der Waals surface area contributed by atoms with Crippen LogP contribution in [0.3, 0.4) is 0 Å². The molecule has 0 amide bonds. The molecule has 244 valence electrons. The van der Waals surface area contributed by atoms with Crippen LogP contribution in [0.15, 0.2) is 174 Å². The second-order valence-electron chi connectivity index (χ2n) is 14.4. The van der Waals surface area contributed by atoms with Gasteiger partial charge in [-0.1, -0.05) is 141 Å². The smallest absolute Gasteiger partial charge is 0.136 e. The van der Waals surface area contributed by atoms with Crippen molar-refractivity contribution in [3.63, 3.8) is 0 Å². The van der Waals surface area contributed by atoms with Crippen molar-refractivity contribution in [2.75, 3.05) is 4.90 Å². The average Bonchev–Trinajstić information content (AvgIpc) is 3.68. The van der Waals surface area contributed by atoms with E-state index in [1.807, 2.05) is 0 Å². The largest absolute Gasteiger partial charge is 0.456 e. The van der Waals surface area contributed by atoms with E-state index in [9.17, 15) is 0 Å². The molecule has 2 aliphatic carbocycles. The van der Waals surface area contributed by atoms with Crippen LogP contribution < -0.4 is 4.90 Å². The van der Waals surface area contributed by atoms with Crippen molar-refractivity contribution in [2.45, 2.75) is 32.1 Å². The minimum absolute atomic E-state index is 0.110. The maximum absolute atomic E-state index is 6.65. The van der Waals surface area contributed by atoms with E-state index in [4.69, 9.17) is 4.42 Å². The molecule has 1 heterocycles. The summed E-state index contributed by atoms with van der Waals surface area (Å²) in [4.78, 5) is 2.53. The van der Waals surface area contributed by atoms with Crippen LogP contribution in [0, 0.1) is 0 Å². The van der Waals surface area contributed by atoms with E-state index in [0.29, 0.717) is 0 Å². The average molecular weight is 656 g/mol. The van der Waals surface area contributed by atoms with Gasteiger partial charge in [-0.25, -0.2) is 0 Å². The summed E-state index contributed by atoms with van der Waals surface area (Å²) in [5.41, 5.74) is 15.7. The highest BCUT2D eigenvalue weighted by Crippen LogP contribution is 2.52. The lowest BCUT2D eigenvalue weighted by Crippen LogP contribution is -2.20. The van der Waals surface area contributed by atoms with Crippen molar-refractivity contribution in [1.82, 2.24) is 0 Å². The van der Waals surface area contributed by atoms with E-state index in [1.54, 1.807) is 0 Å². The van der Waals surface area contributed by atoms with Gasteiger partial charge in [-0.2, -0.15) is 0 Å². The first-order chi connectivity index (χ1) is 25.1. The van der Waals surface area contributed by atoms with Crippen LogP contribution in [0.4, 0.5) is 11.4 Å². The molecule has 7 aromatic carbocycles. The van der Waals surface area contributed by atoms with Crippen LogP contribution in [0.25, 0.3) is 60.5 Å². The van der Waals surface area contributed by atoms with Crippen LogP contribution in [-0.4, -0.2) is 0 Å². The summed E-state index contributed by atoms with van der Waals surface area (Å²) < 4.78 is 6.65. The molecule has 51 heavy (non-hydrogen) atoms. The Morgan fingerprint density at radius 3 is 2.04 bits per heavy atom.